The summed E-state index contributed by atoms with van der Waals surface area (Å²) >= 11 is 0. The van der Waals surface area contributed by atoms with Crippen LogP contribution in [0.1, 0.15) is 35.2 Å². The summed E-state index contributed by atoms with van der Waals surface area (Å²) in [6.45, 7) is 3.07. The van der Waals surface area contributed by atoms with Crippen molar-refractivity contribution in [2.24, 2.45) is 0 Å². The zero-order valence-electron chi connectivity index (χ0n) is 17.6. The highest BCUT2D eigenvalue weighted by Gasteiger charge is 2.28. The van der Waals surface area contributed by atoms with E-state index in [1.807, 2.05) is 0 Å². The number of hydrogen-bond donors (Lipinski definition) is 0. The van der Waals surface area contributed by atoms with Gasteiger partial charge in [0.25, 0.3) is 0 Å². The van der Waals surface area contributed by atoms with Gasteiger partial charge in [-0.3, -0.25) is 0 Å². The van der Waals surface area contributed by atoms with Gasteiger partial charge in [-0.15, -0.1) is 0 Å². The SMILES string of the molecule is Cc1ccc(C[n+]2c(-c3ccccc3)cc(-c3ccccc3)c3c2CCCC3)cc1. The van der Waals surface area contributed by atoms with Crippen LogP contribution in [0.5, 0.6) is 0 Å². The van der Waals surface area contributed by atoms with Gasteiger partial charge in [0.2, 0.25) is 5.69 Å². The van der Waals surface area contributed by atoms with Crippen LogP contribution in [0.4, 0.5) is 0 Å². The van der Waals surface area contributed by atoms with Crippen molar-refractivity contribution in [3.05, 3.63) is 113 Å². The topological polar surface area (TPSA) is 3.88 Å². The molecule has 0 radical (unpaired) electrons. The van der Waals surface area contributed by atoms with Gasteiger partial charge in [0.05, 0.1) is 0 Å². The lowest BCUT2D eigenvalue weighted by Crippen LogP contribution is -2.43. The maximum Gasteiger partial charge on any atom is 0.213 e. The predicted octanol–water partition coefficient (Wildman–Crippen LogP) is 6.54. The second-order valence-electron chi connectivity index (χ2n) is 8.38. The van der Waals surface area contributed by atoms with Crippen molar-refractivity contribution < 1.29 is 4.57 Å². The molecule has 5 rings (SSSR count). The van der Waals surface area contributed by atoms with Gasteiger partial charge < -0.3 is 0 Å². The van der Waals surface area contributed by atoms with E-state index in [-0.39, 0.29) is 0 Å². The molecule has 1 heterocycles. The van der Waals surface area contributed by atoms with E-state index in [9.17, 15) is 0 Å². The zero-order chi connectivity index (χ0) is 20.3. The Balaban J connectivity index is 1.74. The van der Waals surface area contributed by atoms with Gasteiger partial charge in [-0.25, -0.2) is 0 Å². The van der Waals surface area contributed by atoms with Gasteiger partial charge in [-0.1, -0.05) is 78.4 Å². The van der Waals surface area contributed by atoms with E-state index in [0.717, 1.165) is 13.0 Å². The standard InChI is InChI=1S/C29H28N/c1-22-16-18-23(19-17-22)21-30-28-15-9-8-14-26(28)27(24-10-4-2-5-11-24)20-29(30)25-12-6-3-7-13-25/h2-7,10-13,16-20H,8-9,14-15,21H2,1H3/q+1. The number of aromatic nitrogens is 1. The van der Waals surface area contributed by atoms with Crippen molar-refractivity contribution in [3.8, 4) is 22.4 Å². The first-order valence-corrected chi connectivity index (χ1v) is 11.0. The van der Waals surface area contributed by atoms with Crippen LogP contribution in [0.2, 0.25) is 0 Å². The third kappa shape index (κ3) is 3.68. The average molecular weight is 391 g/mol. The second-order valence-corrected chi connectivity index (χ2v) is 8.38. The predicted molar refractivity (Wildman–Crippen MR) is 124 cm³/mol. The van der Waals surface area contributed by atoms with Gasteiger partial charge in [-0.05, 0) is 49.4 Å². The molecule has 0 saturated carbocycles. The molecule has 0 saturated heterocycles. The van der Waals surface area contributed by atoms with E-state index in [2.05, 4.69) is 102 Å². The summed E-state index contributed by atoms with van der Waals surface area (Å²) in [6.07, 6.45) is 4.87. The first kappa shape index (κ1) is 18.8. The maximum absolute atomic E-state index is 2.58. The summed E-state index contributed by atoms with van der Waals surface area (Å²) in [4.78, 5) is 0. The van der Waals surface area contributed by atoms with Crippen LogP contribution in [0.3, 0.4) is 0 Å². The van der Waals surface area contributed by atoms with Crippen LogP contribution in [-0.4, -0.2) is 0 Å². The fourth-order valence-corrected chi connectivity index (χ4v) is 4.70. The number of pyridine rings is 1. The van der Waals surface area contributed by atoms with Crippen molar-refractivity contribution in [3.63, 3.8) is 0 Å². The van der Waals surface area contributed by atoms with Gasteiger partial charge in [-0.2, -0.15) is 4.57 Å². The van der Waals surface area contributed by atoms with E-state index < -0.39 is 0 Å². The maximum atomic E-state index is 2.58. The molecule has 0 amide bonds. The monoisotopic (exact) mass is 390 g/mol. The summed E-state index contributed by atoms with van der Waals surface area (Å²) in [5.74, 6) is 0. The molecular weight excluding hydrogens is 362 g/mol. The molecule has 148 valence electrons. The fourth-order valence-electron chi connectivity index (χ4n) is 4.70. The molecule has 0 spiro atoms. The largest absolute Gasteiger partial charge is 0.213 e. The Kier molecular flexibility index (Phi) is 5.19. The Morgan fingerprint density at radius 2 is 1.33 bits per heavy atom. The zero-order valence-corrected chi connectivity index (χ0v) is 17.6. The molecule has 1 nitrogen and oxygen atoms in total. The molecule has 0 bridgehead atoms. The van der Waals surface area contributed by atoms with E-state index >= 15 is 0 Å². The van der Waals surface area contributed by atoms with Crippen molar-refractivity contribution in [2.75, 3.05) is 0 Å². The first-order valence-electron chi connectivity index (χ1n) is 11.0. The molecule has 1 heteroatoms. The van der Waals surface area contributed by atoms with Gasteiger partial charge in [0, 0.05) is 29.2 Å². The summed E-state index contributed by atoms with van der Waals surface area (Å²) in [6, 6.07) is 33.2. The van der Waals surface area contributed by atoms with Crippen molar-refractivity contribution >= 4 is 0 Å². The number of benzene rings is 3. The van der Waals surface area contributed by atoms with Crippen LogP contribution in [-0.2, 0) is 19.4 Å². The number of fused-ring (bicyclic) bond motifs is 1. The normalized spacial score (nSPS) is 13.1. The highest BCUT2D eigenvalue weighted by Crippen LogP contribution is 2.33. The molecular formula is C29H28N+. The molecule has 1 aliphatic carbocycles. The summed E-state index contributed by atoms with van der Waals surface area (Å²) in [7, 11) is 0. The molecule has 0 aliphatic heterocycles. The molecule has 0 atom stereocenters. The van der Waals surface area contributed by atoms with Crippen molar-refractivity contribution in [1.29, 1.82) is 0 Å². The van der Waals surface area contributed by atoms with Gasteiger partial charge >= 0.3 is 0 Å². The smallest absolute Gasteiger partial charge is 0.191 e. The number of rotatable bonds is 4. The highest BCUT2D eigenvalue weighted by atomic mass is 15.0. The lowest BCUT2D eigenvalue weighted by Gasteiger charge is -2.21. The van der Waals surface area contributed by atoms with Crippen LogP contribution in [0.25, 0.3) is 22.4 Å². The molecule has 0 N–H and O–H groups in total. The quantitative estimate of drug-likeness (QED) is 0.348. The van der Waals surface area contributed by atoms with E-state index in [4.69, 9.17) is 0 Å². The summed E-state index contributed by atoms with van der Waals surface area (Å²) < 4.78 is 2.58. The van der Waals surface area contributed by atoms with Crippen LogP contribution in [0.15, 0.2) is 91.0 Å². The minimum atomic E-state index is 0.919. The summed E-state index contributed by atoms with van der Waals surface area (Å²) in [5.41, 5.74) is 11.1. The molecule has 30 heavy (non-hydrogen) atoms. The minimum Gasteiger partial charge on any atom is -0.191 e. The lowest BCUT2D eigenvalue weighted by molar-refractivity contribution is -0.685. The van der Waals surface area contributed by atoms with E-state index in [1.165, 1.54) is 58.5 Å². The molecule has 0 fully saturated rings. The minimum absolute atomic E-state index is 0.919. The Bertz CT molecular complexity index is 1140. The van der Waals surface area contributed by atoms with Crippen LogP contribution >= 0.6 is 0 Å². The Hall–Kier alpha value is -3.19. The number of aryl methyl sites for hydroxylation is 1. The highest BCUT2D eigenvalue weighted by molar-refractivity contribution is 5.72. The molecule has 4 aromatic rings. The number of nitrogens with zero attached hydrogens (tertiary/aromatic N) is 1. The Morgan fingerprint density at radius 1 is 0.700 bits per heavy atom. The average Bonchev–Trinajstić information content (AvgIpc) is 2.82. The first-order chi connectivity index (χ1) is 14.8. The summed E-state index contributed by atoms with van der Waals surface area (Å²) in [5, 5.41) is 0. The lowest BCUT2D eigenvalue weighted by atomic mass is 9.87. The molecule has 1 aliphatic rings. The molecule has 3 aromatic carbocycles. The van der Waals surface area contributed by atoms with Gasteiger partial charge in [0.15, 0.2) is 12.2 Å². The third-order valence-electron chi connectivity index (χ3n) is 6.28. The van der Waals surface area contributed by atoms with E-state index in [1.54, 1.807) is 5.56 Å². The fraction of sp³-hybridized carbons (Fsp3) is 0.207. The number of hydrogen-bond acceptors (Lipinski definition) is 0. The van der Waals surface area contributed by atoms with Crippen LogP contribution < -0.4 is 4.57 Å². The van der Waals surface area contributed by atoms with Crippen molar-refractivity contribution in [2.45, 2.75) is 39.2 Å². The van der Waals surface area contributed by atoms with Crippen LogP contribution in [0, 0.1) is 6.92 Å². The van der Waals surface area contributed by atoms with Crippen molar-refractivity contribution in [1.82, 2.24) is 0 Å². The van der Waals surface area contributed by atoms with E-state index in [0.29, 0.717) is 0 Å². The van der Waals surface area contributed by atoms with Gasteiger partial charge in [0.1, 0.15) is 0 Å². The second kappa shape index (κ2) is 8.28. The third-order valence-corrected chi connectivity index (χ3v) is 6.28. The molecule has 0 unspecified atom stereocenters. The molecule has 1 aromatic heterocycles. The Labute approximate surface area is 179 Å². The Morgan fingerprint density at radius 3 is 2.03 bits per heavy atom.